The largest absolute Gasteiger partial charge is 0.0799 e. The Bertz CT molecular complexity index is 1330. The topological polar surface area (TPSA) is 0 Å². The number of rotatable bonds is 2. The summed E-state index contributed by atoms with van der Waals surface area (Å²) in [5.74, 6) is 0. The molecule has 0 fully saturated rings. The van der Waals surface area contributed by atoms with E-state index in [1.165, 1.54) is 48.6 Å². The molecule has 28 heavy (non-hydrogen) atoms. The average Bonchev–Trinajstić information content (AvgIpc) is 2.73. The van der Waals surface area contributed by atoms with Crippen LogP contribution in [0.4, 0.5) is 0 Å². The van der Waals surface area contributed by atoms with Crippen molar-refractivity contribution in [3.63, 3.8) is 0 Å². The van der Waals surface area contributed by atoms with Crippen LogP contribution in [-0.4, -0.2) is 8.80 Å². The molecule has 0 aliphatic heterocycles. The molecule has 0 saturated heterocycles. The second-order valence-electron chi connectivity index (χ2n) is 7.54. The molecule has 0 unspecified atom stereocenters. The minimum absolute atomic E-state index is 0.528. The summed E-state index contributed by atoms with van der Waals surface area (Å²) in [7, 11) is -0.528. The molecule has 0 amide bonds. The molecule has 0 aliphatic carbocycles. The van der Waals surface area contributed by atoms with Gasteiger partial charge in [-0.2, -0.15) is 0 Å². The molecule has 0 nitrogen and oxygen atoms in total. The fraction of sp³-hybridized carbons (Fsp3) is 0.0769. The average molecular weight is 440 g/mol. The summed E-state index contributed by atoms with van der Waals surface area (Å²) in [6.07, 6.45) is 0. The van der Waals surface area contributed by atoms with Crippen molar-refractivity contribution >= 4 is 62.2 Å². The zero-order valence-corrected chi connectivity index (χ0v) is 18.5. The van der Waals surface area contributed by atoms with Crippen molar-refractivity contribution in [2.45, 2.75) is 13.1 Å². The Labute approximate surface area is 175 Å². The first-order valence-corrected chi connectivity index (χ1v) is 12.9. The van der Waals surface area contributed by atoms with Crippen LogP contribution < -0.4 is 5.19 Å². The van der Waals surface area contributed by atoms with Gasteiger partial charge in [0.1, 0.15) is 0 Å². The van der Waals surface area contributed by atoms with Gasteiger partial charge < -0.3 is 0 Å². The van der Waals surface area contributed by atoms with Gasteiger partial charge in [-0.1, -0.05) is 101 Å². The predicted molar refractivity (Wildman–Crippen MR) is 129 cm³/mol. The van der Waals surface area contributed by atoms with Crippen molar-refractivity contribution in [3.05, 3.63) is 89.4 Å². The highest BCUT2D eigenvalue weighted by Crippen LogP contribution is 2.37. The third kappa shape index (κ3) is 2.79. The Kier molecular flexibility index (Phi) is 4.34. The highest BCUT2D eigenvalue weighted by molar-refractivity contribution is 9.10. The Hall–Kier alpha value is -2.42. The first-order chi connectivity index (χ1) is 13.6. The maximum absolute atomic E-state index is 3.65. The van der Waals surface area contributed by atoms with Gasteiger partial charge in [0.2, 0.25) is 0 Å². The van der Waals surface area contributed by atoms with Gasteiger partial charge in [0, 0.05) is 4.47 Å². The lowest BCUT2D eigenvalue weighted by Gasteiger charge is -2.15. The molecule has 0 atom stereocenters. The van der Waals surface area contributed by atoms with E-state index in [0.717, 1.165) is 4.47 Å². The molecular formula is C26H20BrSi. The van der Waals surface area contributed by atoms with Crippen LogP contribution in [0.5, 0.6) is 0 Å². The van der Waals surface area contributed by atoms with Gasteiger partial charge in [0.25, 0.3) is 0 Å². The Morgan fingerprint density at radius 3 is 1.86 bits per heavy atom. The highest BCUT2D eigenvalue weighted by atomic mass is 79.9. The van der Waals surface area contributed by atoms with E-state index < -0.39 is 8.80 Å². The molecular weight excluding hydrogens is 420 g/mol. The summed E-state index contributed by atoms with van der Waals surface area (Å²) >= 11 is 3.65. The van der Waals surface area contributed by atoms with E-state index in [9.17, 15) is 0 Å². The molecule has 0 aromatic heterocycles. The molecule has 5 rings (SSSR count). The van der Waals surface area contributed by atoms with Crippen molar-refractivity contribution < 1.29 is 0 Å². The van der Waals surface area contributed by atoms with Crippen LogP contribution in [0.15, 0.2) is 89.4 Å². The maximum Gasteiger partial charge on any atom is 0.0799 e. The van der Waals surface area contributed by atoms with Crippen molar-refractivity contribution in [3.8, 4) is 11.1 Å². The Morgan fingerprint density at radius 2 is 1.14 bits per heavy atom. The predicted octanol–water partition coefficient (Wildman–Crippen LogP) is 7.54. The van der Waals surface area contributed by atoms with E-state index in [4.69, 9.17) is 0 Å². The molecule has 0 N–H and O–H groups in total. The molecule has 5 aromatic carbocycles. The fourth-order valence-corrected chi connectivity index (χ4v) is 5.82. The van der Waals surface area contributed by atoms with Gasteiger partial charge in [0.15, 0.2) is 0 Å². The normalized spacial score (nSPS) is 11.7. The second kappa shape index (κ2) is 6.88. The highest BCUT2D eigenvalue weighted by Gasteiger charge is 2.13. The number of hydrogen-bond donors (Lipinski definition) is 0. The minimum atomic E-state index is -0.528. The van der Waals surface area contributed by atoms with Crippen molar-refractivity contribution in [2.24, 2.45) is 0 Å². The van der Waals surface area contributed by atoms with Gasteiger partial charge in [-0.15, -0.1) is 0 Å². The quantitative estimate of drug-likeness (QED) is 0.197. The van der Waals surface area contributed by atoms with Gasteiger partial charge in [-0.05, 0) is 61.6 Å². The Balaban J connectivity index is 1.90. The van der Waals surface area contributed by atoms with Gasteiger partial charge in [-0.3, -0.25) is 0 Å². The maximum atomic E-state index is 3.65. The van der Waals surface area contributed by atoms with E-state index >= 15 is 0 Å². The molecule has 5 aromatic rings. The van der Waals surface area contributed by atoms with Gasteiger partial charge in [-0.25, -0.2) is 0 Å². The van der Waals surface area contributed by atoms with Gasteiger partial charge in [0.05, 0.1) is 8.80 Å². The zero-order valence-electron chi connectivity index (χ0n) is 16.0. The molecule has 0 aliphatic rings. The smallest absolute Gasteiger partial charge is 0.0671 e. The fourth-order valence-electron chi connectivity index (χ4n) is 4.27. The van der Waals surface area contributed by atoms with Crippen LogP contribution in [0.25, 0.3) is 43.4 Å². The monoisotopic (exact) mass is 439 g/mol. The van der Waals surface area contributed by atoms with Crippen LogP contribution in [0.1, 0.15) is 0 Å². The van der Waals surface area contributed by atoms with Crippen LogP contribution in [0.3, 0.4) is 0 Å². The molecule has 135 valence electrons. The number of halogens is 1. The molecule has 1 radical (unpaired) electrons. The zero-order chi connectivity index (χ0) is 19.3. The summed E-state index contributed by atoms with van der Waals surface area (Å²) in [6.45, 7) is 4.73. The van der Waals surface area contributed by atoms with Crippen molar-refractivity contribution in [1.82, 2.24) is 0 Å². The lowest BCUT2D eigenvalue weighted by atomic mass is 9.92. The van der Waals surface area contributed by atoms with E-state index in [1.807, 2.05) is 0 Å². The van der Waals surface area contributed by atoms with Crippen LogP contribution in [-0.2, 0) is 0 Å². The summed E-state index contributed by atoms with van der Waals surface area (Å²) in [4.78, 5) is 0. The number of hydrogen-bond acceptors (Lipinski definition) is 0. The molecule has 0 spiro atoms. The summed E-state index contributed by atoms with van der Waals surface area (Å²) in [5, 5.41) is 9.40. The molecule has 0 bridgehead atoms. The molecule has 0 heterocycles. The van der Waals surface area contributed by atoms with Gasteiger partial charge >= 0.3 is 0 Å². The molecule has 2 heteroatoms. The summed E-state index contributed by atoms with van der Waals surface area (Å²) < 4.78 is 1.12. The van der Waals surface area contributed by atoms with Crippen LogP contribution in [0, 0.1) is 0 Å². The molecule has 0 saturated carbocycles. The number of benzene rings is 5. The lowest BCUT2D eigenvalue weighted by Crippen LogP contribution is -2.24. The van der Waals surface area contributed by atoms with E-state index in [1.54, 1.807) is 0 Å². The van der Waals surface area contributed by atoms with E-state index in [-0.39, 0.29) is 0 Å². The third-order valence-electron chi connectivity index (χ3n) is 5.58. The minimum Gasteiger partial charge on any atom is -0.0671 e. The lowest BCUT2D eigenvalue weighted by molar-refractivity contribution is 1.67. The summed E-state index contributed by atoms with van der Waals surface area (Å²) in [5.41, 5.74) is 2.69. The Morgan fingerprint density at radius 1 is 0.571 bits per heavy atom. The second-order valence-corrected chi connectivity index (χ2v) is 11.0. The third-order valence-corrected chi connectivity index (χ3v) is 7.58. The van der Waals surface area contributed by atoms with Crippen molar-refractivity contribution in [2.75, 3.05) is 0 Å². The first kappa shape index (κ1) is 17.7. The van der Waals surface area contributed by atoms with Crippen LogP contribution >= 0.6 is 15.9 Å². The standard InChI is InChI=1S/C26H20BrSi/c1-28(2)26-10-6-5-7-19(26)17-11-13-22-23-14-12-18(27)16-25(23)21-9-4-3-8-20(21)24(22)15-17/h3-16H,1-2H3. The van der Waals surface area contributed by atoms with E-state index in [0.29, 0.717) is 0 Å². The SMILES string of the molecule is C[Si](C)c1ccccc1-c1ccc2c3ccc(Br)cc3c3ccccc3c2c1. The number of fused-ring (bicyclic) bond motifs is 6. The summed E-state index contributed by atoms with van der Waals surface area (Å²) in [6, 6.07) is 31.3. The first-order valence-electron chi connectivity index (χ1n) is 9.57. The van der Waals surface area contributed by atoms with Crippen LogP contribution in [0.2, 0.25) is 13.1 Å². The van der Waals surface area contributed by atoms with Crippen molar-refractivity contribution in [1.29, 1.82) is 0 Å². The van der Waals surface area contributed by atoms with E-state index in [2.05, 4.69) is 114 Å².